The molecular formula is C26H36FN3O2. The maximum absolute atomic E-state index is 13.4. The van der Waals surface area contributed by atoms with E-state index < -0.39 is 0 Å². The fraction of sp³-hybridized carbons (Fsp3) is 0.500. The van der Waals surface area contributed by atoms with Crippen molar-refractivity contribution in [1.82, 2.24) is 14.7 Å². The summed E-state index contributed by atoms with van der Waals surface area (Å²) in [5.74, 6) is 0.00433. The number of phenols is 1. The number of carbonyl (C=O) groups is 1. The number of rotatable bonds is 10. The Morgan fingerprint density at radius 3 is 2.00 bits per heavy atom. The standard InChI is InChI=1S/C26H36FN3O2/c1-4-30(5-2)25(21-6-10-23(27)11-7-21)19-29-16-14-28(15-17-29)18-20(3)26(32)22-8-12-24(31)13-9-22/h6-13,20,25,31H,4-5,14-19H2,1-3H3/t20-,25+/m0/s1. The third kappa shape index (κ3) is 6.37. The van der Waals surface area contributed by atoms with Crippen molar-refractivity contribution in [2.24, 2.45) is 5.92 Å². The lowest BCUT2D eigenvalue weighted by Gasteiger charge is -2.39. The molecule has 0 amide bonds. The van der Waals surface area contributed by atoms with Crippen molar-refractivity contribution in [3.8, 4) is 5.75 Å². The fourth-order valence-electron chi connectivity index (χ4n) is 4.56. The van der Waals surface area contributed by atoms with Gasteiger partial charge in [-0.1, -0.05) is 32.9 Å². The van der Waals surface area contributed by atoms with E-state index >= 15 is 0 Å². The third-order valence-corrected chi connectivity index (χ3v) is 6.54. The summed E-state index contributed by atoms with van der Waals surface area (Å²) >= 11 is 0. The highest BCUT2D eigenvalue weighted by molar-refractivity contribution is 5.97. The van der Waals surface area contributed by atoms with Gasteiger partial charge in [-0.2, -0.15) is 0 Å². The second-order valence-corrected chi connectivity index (χ2v) is 8.70. The summed E-state index contributed by atoms with van der Waals surface area (Å²) in [5, 5.41) is 9.43. The van der Waals surface area contributed by atoms with E-state index in [9.17, 15) is 14.3 Å². The van der Waals surface area contributed by atoms with Crippen LogP contribution in [-0.2, 0) is 0 Å². The average molecular weight is 442 g/mol. The summed E-state index contributed by atoms with van der Waals surface area (Å²) in [7, 11) is 0. The number of carbonyl (C=O) groups excluding carboxylic acids is 1. The van der Waals surface area contributed by atoms with Gasteiger partial charge in [-0.15, -0.1) is 0 Å². The van der Waals surface area contributed by atoms with Crippen molar-refractivity contribution in [3.05, 3.63) is 65.5 Å². The topological polar surface area (TPSA) is 47.0 Å². The summed E-state index contributed by atoms with van der Waals surface area (Å²) in [6.07, 6.45) is 0. The van der Waals surface area contributed by atoms with Crippen LogP contribution in [0.15, 0.2) is 48.5 Å². The number of piperazine rings is 1. The Hall–Kier alpha value is -2.28. The molecule has 174 valence electrons. The third-order valence-electron chi connectivity index (χ3n) is 6.54. The minimum atomic E-state index is -0.198. The van der Waals surface area contributed by atoms with Crippen LogP contribution < -0.4 is 0 Å². The summed E-state index contributed by atoms with van der Waals surface area (Å²) in [6.45, 7) is 13.7. The van der Waals surface area contributed by atoms with Crippen molar-refractivity contribution < 1.29 is 14.3 Å². The minimum Gasteiger partial charge on any atom is -0.508 e. The Morgan fingerprint density at radius 2 is 1.47 bits per heavy atom. The first-order chi connectivity index (χ1) is 15.4. The molecule has 1 aliphatic rings. The van der Waals surface area contributed by atoms with Gasteiger partial charge >= 0.3 is 0 Å². The highest BCUT2D eigenvalue weighted by atomic mass is 19.1. The summed E-state index contributed by atoms with van der Waals surface area (Å²) in [4.78, 5) is 20.0. The van der Waals surface area contributed by atoms with Gasteiger partial charge < -0.3 is 10.0 Å². The number of aromatic hydroxyl groups is 1. The molecule has 0 aromatic heterocycles. The van der Waals surface area contributed by atoms with Gasteiger partial charge in [0, 0.05) is 56.8 Å². The fourth-order valence-corrected chi connectivity index (χ4v) is 4.56. The zero-order valence-corrected chi connectivity index (χ0v) is 19.5. The van der Waals surface area contributed by atoms with E-state index in [-0.39, 0.29) is 29.3 Å². The number of likely N-dealkylation sites (N-methyl/N-ethyl adjacent to an activating group) is 1. The van der Waals surface area contributed by atoms with Gasteiger partial charge in [-0.05, 0) is 55.1 Å². The predicted molar refractivity (Wildman–Crippen MR) is 127 cm³/mol. The predicted octanol–water partition coefficient (Wildman–Crippen LogP) is 4.05. The van der Waals surface area contributed by atoms with E-state index in [1.165, 1.54) is 0 Å². The zero-order valence-electron chi connectivity index (χ0n) is 19.5. The van der Waals surface area contributed by atoms with E-state index in [0.29, 0.717) is 5.56 Å². The molecule has 0 unspecified atom stereocenters. The molecule has 5 nitrogen and oxygen atoms in total. The van der Waals surface area contributed by atoms with Crippen molar-refractivity contribution >= 4 is 5.78 Å². The molecule has 2 aromatic rings. The highest BCUT2D eigenvalue weighted by Crippen LogP contribution is 2.23. The van der Waals surface area contributed by atoms with E-state index in [2.05, 4.69) is 28.5 Å². The summed E-state index contributed by atoms with van der Waals surface area (Å²) in [5.41, 5.74) is 1.81. The van der Waals surface area contributed by atoms with Crippen molar-refractivity contribution in [2.75, 3.05) is 52.4 Å². The van der Waals surface area contributed by atoms with Gasteiger partial charge in [-0.25, -0.2) is 4.39 Å². The Bertz CT molecular complexity index is 844. The number of hydrogen-bond donors (Lipinski definition) is 1. The molecule has 0 spiro atoms. The zero-order chi connectivity index (χ0) is 23.1. The lowest BCUT2D eigenvalue weighted by Crippen LogP contribution is -2.50. The van der Waals surface area contributed by atoms with Crippen molar-refractivity contribution in [1.29, 1.82) is 0 Å². The molecule has 1 aliphatic heterocycles. The number of hydrogen-bond acceptors (Lipinski definition) is 5. The molecule has 0 radical (unpaired) electrons. The Kier molecular flexibility index (Phi) is 8.79. The SMILES string of the molecule is CCN(CC)[C@H](CN1CCN(C[C@H](C)C(=O)c2ccc(O)cc2)CC1)c1ccc(F)cc1. The molecule has 32 heavy (non-hydrogen) atoms. The molecule has 1 fully saturated rings. The number of phenolic OH excluding ortho intramolecular Hbond substituents is 1. The average Bonchev–Trinajstić information content (AvgIpc) is 2.81. The van der Waals surface area contributed by atoms with E-state index in [0.717, 1.165) is 57.9 Å². The van der Waals surface area contributed by atoms with E-state index in [1.54, 1.807) is 36.4 Å². The lowest BCUT2D eigenvalue weighted by atomic mass is 9.98. The monoisotopic (exact) mass is 441 g/mol. The van der Waals surface area contributed by atoms with Crippen molar-refractivity contribution in [3.63, 3.8) is 0 Å². The number of benzene rings is 2. The quantitative estimate of drug-likeness (QED) is 0.564. The van der Waals surface area contributed by atoms with Crippen LogP contribution >= 0.6 is 0 Å². The smallest absolute Gasteiger partial charge is 0.166 e. The number of Topliss-reactive ketones (excluding diaryl/α,β-unsaturated/α-hetero) is 1. The first-order valence-electron chi connectivity index (χ1n) is 11.7. The molecule has 1 N–H and O–H groups in total. The molecule has 1 saturated heterocycles. The van der Waals surface area contributed by atoms with Crippen LogP contribution in [0.4, 0.5) is 4.39 Å². The first-order valence-corrected chi connectivity index (χ1v) is 11.7. The second-order valence-electron chi connectivity index (χ2n) is 8.70. The molecule has 3 rings (SSSR count). The van der Waals surface area contributed by atoms with Crippen molar-refractivity contribution in [2.45, 2.75) is 26.8 Å². The van der Waals surface area contributed by atoms with Gasteiger partial charge in [-0.3, -0.25) is 14.6 Å². The Balaban J connectivity index is 1.54. The van der Waals surface area contributed by atoms with E-state index in [1.807, 2.05) is 19.1 Å². The Morgan fingerprint density at radius 1 is 0.938 bits per heavy atom. The van der Waals surface area contributed by atoms with Crippen LogP contribution in [0.1, 0.15) is 42.7 Å². The molecule has 1 heterocycles. The number of halogens is 1. The maximum Gasteiger partial charge on any atom is 0.166 e. The Labute approximate surface area is 191 Å². The van der Waals surface area contributed by atoms with Crippen LogP contribution in [0.25, 0.3) is 0 Å². The molecule has 0 saturated carbocycles. The van der Waals surface area contributed by atoms with Crippen LogP contribution in [-0.4, -0.2) is 77.9 Å². The second kappa shape index (κ2) is 11.5. The van der Waals surface area contributed by atoms with E-state index in [4.69, 9.17) is 0 Å². The first kappa shape index (κ1) is 24.4. The van der Waals surface area contributed by atoms with Gasteiger partial charge in [0.25, 0.3) is 0 Å². The van der Waals surface area contributed by atoms with Crippen LogP contribution in [0.5, 0.6) is 5.75 Å². The molecule has 0 bridgehead atoms. The normalized spacial score (nSPS) is 17.4. The molecular weight excluding hydrogens is 405 g/mol. The van der Waals surface area contributed by atoms with Crippen LogP contribution in [0, 0.1) is 11.7 Å². The summed E-state index contributed by atoms with van der Waals surface area (Å²) in [6, 6.07) is 13.7. The number of ketones is 1. The van der Waals surface area contributed by atoms with Gasteiger partial charge in [0.15, 0.2) is 5.78 Å². The lowest BCUT2D eigenvalue weighted by molar-refractivity contribution is 0.0754. The molecule has 2 aromatic carbocycles. The van der Waals surface area contributed by atoms with Gasteiger partial charge in [0.1, 0.15) is 11.6 Å². The summed E-state index contributed by atoms with van der Waals surface area (Å²) < 4.78 is 13.4. The minimum absolute atomic E-state index is 0.0891. The molecule has 6 heteroatoms. The largest absolute Gasteiger partial charge is 0.508 e. The highest BCUT2D eigenvalue weighted by Gasteiger charge is 2.26. The molecule has 0 aliphatic carbocycles. The maximum atomic E-state index is 13.4. The number of nitrogens with zero attached hydrogens (tertiary/aromatic N) is 3. The molecule has 2 atom stereocenters. The van der Waals surface area contributed by atoms with Crippen LogP contribution in [0.3, 0.4) is 0 Å². The van der Waals surface area contributed by atoms with Crippen LogP contribution in [0.2, 0.25) is 0 Å². The van der Waals surface area contributed by atoms with Gasteiger partial charge in [0.05, 0.1) is 0 Å². The van der Waals surface area contributed by atoms with Gasteiger partial charge in [0.2, 0.25) is 0 Å².